The van der Waals surface area contributed by atoms with E-state index in [4.69, 9.17) is 0 Å². The van der Waals surface area contributed by atoms with E-state index in [2.05, 4.69) is 5.32 Å². The first-order chi connectivity index (χ1) is 8.69. The summed E-state index contributed by atoms with van der Waals surface area (Å²) in [5.74, 6) is 0.0685. The first-order valence-electron chi connectivity index (χ1n) is 6.90. The molecule has 0 unspecified atom stereocenters. The number of aliphatic hydroxyl groups is 1. The second-order valence-electron chi connectivity index (χ2n) is 5.69. The fourth-order valence-corrected chi connectivity index (χ4v) is 3.64. The van der Waals surface area contributed by atoms with E-state index in [-0.39, 0.29) is 17.8 Å². The third-order valence-electron chi connectivity index (χ3n) is 4.62. The highest BCUT2D eigenvalue weighted by Gasteiger charge is 2.45. The molecule has 0 amide bonds. The fourth-order valence-electron chi connectivity index (χ4n) is 3.64. The molecule has 1 aliphatic heterocycles. The van der Waals surface area contributed by atoms with Gasteiger partial charge >= 0.3 is 0 Å². The van der Waals surface area contributed by atoms with Crippen LogP contribution in [0.2, 0.25) is 0 Å². The van der Waals surface area contributed by atoms with Gasteiger partial charge in [-0.15, -0.1) is 0 Å². The number of nitrogens with one attached hydrogen (secondary N) is 1. The number of halogens is 1. The summed E-state index contributed by atoms with van der Waals surface area (Å²) in [6, 6.07) is 6.87. The quantitative estimate of drug-likeness (QED) is 0.802. The SMILES string of the molecule is O[C@@]12CCCC[C@@H]1[C@@H](c1ccc(F)cc1)NCC2. The van der Waals surface area contributed by atoms with Crippen LogP contribution in [-0.4, -0.2) is 17.3 Å². The molecule has 1 aliphatic carbocycles. The summed E-state index contributed by atoms with van der Waals surface area (Å²) in [4.78, 5) is 0. The summed E-state index contributed by atoms with van der Waals surface area (Å²) in [6.45, 7) is 0.842. The molecule has 2 N–H and O–H groups in total. The Bertz CT molecular complexity index is 415. The van der Waals surface area contributed by atoms with E-state index in [1.807, 2.05) is 12.1 Å². The third kappa shape index (κ3) is 2.06. The van der Waals surface area contributed by atoms with Crippen LogP contribution in [0.25, 0.3) is 0 Å². The van der Waals surface area contributed by atoms with E-state index in [9.17, 15) is 9.50 Å². The normalized spacial score (nSPS) is 36.1. The number of piperidine rings is 1. The highest BCUT2D eigenvalue weighted by Crippen LogP contribution is 2.45. The van der Waals surface area contributed by atoms with E-state index in [1.165, 1.54) is 18.6 Å². The van der Waals surface area contributed by atoms with Crippen molar-refractivity contribution in [1.82, 2.24) is 5.32 Å². The molecule has 2 aliphatic rings. The lowest BCUT2D eigenvalue weighted by Crippen LogP contribution is -2.53. The lowest BCUT2D eigenvalue weighted by molar-refractivity contribution is -0.0861. The molecule has 2 fully saturated rings. The van der Waals surface area contributed by atoms with E-state index in [0.29, 0.717) is 0 Å². The van der Waals surface area contributed by atoms with Gasteiger partial charge in [-0.05, 0) is 43.5 Å². The fraction of sp³-hybridized carbons (Fsp3) is 0.600. The molecule has 1 aromatic rings. The molecule has 0 radical (unpaired) electrons. The van der Waals surface area contributed by atoms with Crippen molar-refractivity contribution >= 4 is 0 Å². The molecule has 0 spiro atoms. The van der Waals surface area contributed by atoms with Gasteiger partial charge in [0.05, 0.1) is 5.60 Å². The average Bonchev–Trinajstić information content (AvgIpc) is 2.38. The summed E-state index contributed by atoms with van der Waals surface area (Å²) in [6.07, 6.45) is 5.13. The van der Waals surface area contributed by atoms with Crippen LogP contribution in [0.5, 0.6) is 0 Å². The molecule has 3 rings (SSSR count). The number of hydrogen-bond acceptors (Lipinski definition) is 2. The van der Waals surface area contributed by atoms with Crippen molar-refractivity contribution in [3.63, 3.8) is 0 Å². The first-order valence-corrected chi connectivity index (χ1v) is 6.90. The Morgan fingerprint density at radius 1 is 1.17 bits per heavy atom. The second kappa shape index (κ2) is 4.63. The summed E-state index contributed by atoms with van der Waals surface area (Å²) in [5.41, 5.74) is 0.587. The highest BCUT2D eigenvalue weighted by atomic mass is 19.1. The van der Waals surface area contributed by atoms with Gasteiger partial charge in [-0.25, -0.2) is 4.39 Å². The minimum atomic E-state index is -0.511. The van der Waals surface area contributed by atoms with Crippen LogP contribution in [-0.2, 0) is 0 Å². The number of benzene rings is 1. The summed E-state index contributed by atoms with van der Waals surface area (Å²) in [7, 11) is 0. The molecule has 0 bridgehead atoms. The molecular formula is C15H20FNO. The maximum Gasteiger partial charge on any atom is 0.123 e. The maximum atomic E-state index is 13.0. The van der Waals surface area contributed by atoms with Crippen LogP contribution in [0, 0.1) is 11.7 Å². The average molecular weight is 249 g/mol. The Morgan fingerprint density at radius 2 is 1.94 bits per heavy atom. The zero-order valence-corrected chi connectivity index (χ0v) is 10.5. The minimum Gasteiger partial charge on any atom is -0.389 e. The van der Waals surface area contributed by atoms with Crippen LogP contribution in [0.1, 0.15) is 43.7 Å². The Balaban J connectivity index is 1.88. The zero-order chi connectivity index (χ0) is 12.6. The van der Waals surface area contributed by atoms with Crippen molar-refractivity contribution < 1.29 is 9.50 Å². The van der Waals surface area contributed by atoms with Gasteiger partial charge in [-0.1, -0.05) is 25.0 Å². The molecule has 0 aromatic heterocycles. The smallest absolute Gasteiger partial charge is 0.123 e. The monoisotopic (exact) mass is 249 g/mol. The molecule has 1 saturated heterocycles. The predicted octanol–water partition coefficient (Wildman–Crippen LogP) is 2.78. The predicted molar refractivity (Wildman–Crippen MR) is 68.7 cm³/mol. The van der Waals surface area contributed by atoms with Crippen molar-refractivity contribution in [3.8, 4) is 0 Å². The number of hydrogen-bond donors (Lipinski definition) is 2. The maximum absolute atomic E-state index is 13.0. The van der Waals surface area contributed by atoms with E-state index in [0.717, 1.165) is 37.8 Å². The lowest BCUT2D eigenvalue weighted by atomic mass is 9.67. The van der Waals surface area contributed by atoms with Gasteiger partial charge in [0.15, 0.2) is 0 Å². The van der Waals surface area contributed by atoms with E-state index in [1.54, 1.807) is 0 Å². The van der Waals surface area contributed by atoms with Gasteiger partial charge < -0.3 is 10.4 Å². The molecule has 18 heavy (non-hydrogen) atoms. The van der Waals surface area contributed by atoms with Crippen LogP contribution >= 0.6 is 0 Å². The standard InChI is InChI=1S/C15H20FNO/c16-12-6-4-11(5-7-12)14-13-3-1-2-8-15(13,18)9-10-17-14/h4-7,13-14,17-18H,1-3,8-10H2/t13-,14-,15-/m1/s1. The van der Waals surface area contributed by atoms with Crippen molar-refractivity contribution in [3.05, 3.63) is 35.6 Å². The molecule has 3 atom stereocenters. The largest absolute Gasteiger partial charge is 0.389 e. The summed E-state index contributed by atoms with van der Waals surface area (Å²) >= 11 is 0. The van der Waals surface area contributed by atoms with Crippen LogP contribution in [0.4, 0.5) is 4.39 Å². The van der Waals surface area contributed by atoms with Crippen molar-refractivity contribution in [1.29, 1.82) is 0 Å². The minimum absolute atomic E-state index is 0.171. The first kappa shape index (κ1) is 12.1. The van der Waals surface area contributed by atoms with Gasteiger partial charge in [-0.3, -0.25) is 0 Å². The Kier molecular flexibility index (Phi) is 3.12. The molecule has 1 heterocycles. The van der Waals surface area contributed by atoms with Gasteiger partial charge in [-0.2, -0.15) is 0 Å². The highest BCUT2D eigenvalue weighted by molar-refractivity contribution is 5.23. The van der Waals surface area contributed by atoms with Crippen molar-refractivity contribution in [2.24, 2.45) is 5.92 Å². The molecular weight excluding hydrogens is 229 g/mol. The van der Waals surface area contributed by atoms with E-state index >= 15 is 0 Å². The second-order valence-corrected chi connectivity index (χ2v) is 5.69. The molecule has 98 valence electrons. The Hall–Kier alpha value is -0.930. The zero-order valence-electron chi connectivity index (χ0n) is 10.5. The van der Waals surface area contributed by atoms with Gasteiger partial charge in [0, 0.05) is 12.0 Å². The summed E-state index contributed by atoms with van der Waals surface area (Å²) in [5, 5.41) is 14.3. The Labute approximate surface area is 107 Å². The number of fused-ring (bicyclic) bond motifs is 1. The van der Waals surface area contributed by atoms with E-state index < -0.39 is 5.60 Å². The van der Waals surface area contributed by atoms with Gasteiger partial charge in [0.2, 0.25) is 0 Å². The molecule has 3 heteroatoms. The van der Waals surface area contributed by atoms with Crippen molar-refractivity contribution in [2.75, 3.05) is 6.54 Å². The van der Waals surface area contributed by atoms with Gasteiger partial charge in [0.1, 0.15) is 5.82 Å². The van der Waals surface area contributed by atoms with Gasteiger partial charge in [0.25, 0.3) is 0 Å². The Morgan fingerprint density at radius 3 is 2.72 bits per heavy atom. The van der Waals surface area contributed by atoms with Crippen LogP contribution in [0.15, 0.2) is 24.3 Å². The molecule has 2 nitrogen and oxygen atoms in total. The molecule has 1 saturated carbocycles. The number of rotatable bonds is 1. The topological polar surface area (TPSA) is 32.3 Å². The summed E-state index contributed by atoms with van der Waals surface area (Å²) < 4.78 is 13.0. The lowest BCUT2D eigenvalue weighted by Gasteiger charge is -2.48. The van der Waals surface area contributed by atoms with Crippen molar-refractivity contribution in [2.45, 2.75) is 43.7 Å². The molecule has 1 aromatic carbocycles. The third-order valence-corrected chi connectivity index (χ3v) is 4.62. The van der Waals surface area contributed by atoms with Crippen LogP contribution in [0.3, 0.4) is 0 Å². The van der Waals surface area contributed by atoms with Crippen LogP contribution < -0.4 is 5.32 Å².